The van der Waals surface area contributed by atoms with Crippen LogP contribution >= 0.6 is 54.5 Å². The molecule has 4 heteroatoms. The van der Waals surface area contributed by atoms with Crippen molar-refractivity contribution in [1.29, 1.82) is 0 Å². The first kappa shape index (κ1) is 46.5. The second-order valence-electron chi connectivity index (χ2n) is 22.2. The van der Waals surface area contributed by atoms with Crippen LogP contribution in [-0.2, 0) is 21.7 Å². The third-order valence-corrected chi connectivity index (χ3v) is 16.6. The molecule has 7 aromatic carbocycles. The fourth-order valence-electron chi connectivity index (χ4n) is 9.16. The van der Waals surface area contributed by atoms with Gasteiger partial charge in [0.2, 0.25) is 0 Å². The molecule has 0 spiro atoms. The van der Waals surface area contributed by atoms with Gasteiger partial charge in [-0.15, -0.1) is 22.7 Å². The lowest BCUT2D eigenvalue weighted by molar-refractivity contribution is 0.590. The van der Waals surface area contributed by atoms with Gasteiger partial charge in [-0.2, -0.15) is 0 Å². The number of benzene rings is 7. The van der Waals surface area contributed by atoms with Crippen LogP contribution in [0, 0.1) is 0 Å². The summed E-state index contributed by atoms with van der Waals surface area (Å²) in [5.41, 5.74) is 18.0. The van der Waals surface area contributed by atoms with E-state index < -0.39 is 0 Å². The Bertz CT molecular complexity index is 3020. The normalized spacial score (nSPS) is 12.7. The molecule has 0 radical (unpaired) electrons. The molecule has 0 aliphatic heterocycles. The van der Waals surface area contributed by atoms with E-state index in [0.29, 0.717) is 0 Å². The third kappa shape index (κ3) is 9.21. The van der Waals surface area contributed by atoms with E-state index in [-0.39, 0.29) is 21.7 Å². The SMILES string of the molecule is CC(C)(C)c1ccc(-c2cc3c(ccc4cc(-c5sc(Br)cc5-c5ccc(C(C)(C)C)cc5)c(-c5ccc(C(C)(C)C)cc5)cc43)cc2-c2sc(Br)cc2-c2ccc(C(C)(C)C)cc2)cc1. The van der Waals surface area contributed by atoms with Crippen molar-refractivity contribution in [2.45, 2.75) is 105 Å². The van der Waals surface area contributed by atoms with E-state index in [4.69, 9.17) is 0 Å². The van der Waals surface area contributed by atoms with Gasteiger partial charge in [0.15, 0.2) is 0 Å². The van der Waals surface area contributed by atoms with Crippen LogP contribution in [0.2, 0.25) is 0 Å². The zero-order chi connectivity index (χ0) is 47.1. The molecule has 9 rings (SSSR count). The minimum absolute atomic E-state index is 0.0546. The molecule has 0 N–H and O–H groups in total. The number of rotatable bonds is 6. The number of thiophene rings is 2. The third-order valence-electron chi connectivity index (χ3n) is 13.3. The van der Waals surface area contributed by atoms with Crippen LogP contribution in [0.1, 0.15) is 105 Å². The van der Waals surface area contributed by atoms with Crippen molar-refractivity contribution in [3.8, 4) is 65.4 Å². The first-order valence-electron chi connectivity index (χ1n) is 23.1. The van der Waals surface area contributed by atoms with E-state index in [9.17, 15) is 0 Å². The molecular weight excluding hydrogens is 969 g/mol. The zero-order valence-corrected chi connectivity index (χ0v) is 45.2. The second kappa shape index (κ2) is 17.2. The van der Waals surface area contributed by atoms with Crippen LogP contribution in [0.3, 0.4) is 0 Å². The topological polar surface area (TPSA) is 0 Å². The molecule has 0 atom stereocenters. The lowest BCUT2D eigenvalue weighted by atomic mass is 9.84. The van der Waals surface area contributed by atoms with Crippen molar-refractivity contribution in [3.05, 3.63) is 175 Å². The van der Waals surface area contributed by atoms with Gasteiger partial charge in [0.1, 0.15) is 0 Å². The average Bonchev–Trinajstić information content (AvgIpc) is 3.86. The highest BCUT2D eigenvalue weighted by Crippen LogP contribution is 2.50. The van der Waals surface area contributed by atoms with Gasteiger partial charge in [-0.3, -0.25) is 0 Å². The number of hydrogen-bond acceptors (Lipinski definition) is 2. The Balaban J connectivity index is 1.30. The average molecular weight is 1030 g/mol. The maximum atomic E-state index is 3.94. The molecule has 0 aliphatic rings. The van der Waals surface area contributed by atoms with E-state index in [2.05, 4.69) is 261 Å². The highest BCUT2D eigenvalue weighted by atomic mass is 79.9. The van der Waals surface area contributed by atoms with Crippen LogP contribution in [0.5, 0.6) is 0 Å². The molecule has 0 amide bonds. The molecular formula is C62H60Br2S2. The molecule has 0 fully saturated rings. The van der Waals surface area contributed by atoms with E-state index in [1.807, 2.05) is 22.7 Å². The molecule has 0 saturated carbocycles. The molecule has 0 bridgehead atoms. The van der Waals surface area contributed by atoms with Crippen molar-refractivity contribution in [1.82, 2.24) is 0 Å². The largest absolute Gasteiger partial charge is 0.128 e. The lowest BCUT2D eigenvalue weighted by Gasteiger charge is -2.21. The van der Waals surface area contributed by atoms with Crippen molar-refractivity contribution in [2.24, 2.45) is 0 Å². The summed E-state index contributed by atoms with van der Waals surface area (Å²) in [7, 11) is 0. The summed E-state index contributed by atoms with van der Waals surface area (Å²) in [6.45, 7) is 27.4. The summed E-state index contributed by atoms with van der Waals surface area (Å²) in [5, 5.41) is 4.96. The Kier molecular flexibility index (Phi) is 12.1. The van der Waals surface area contributed by atoms with Crippen LogP contribution in [0.4, 0.5) is 0 Å². The molecule has 66 heavy (non-hydrogen) atoms. The van der Waals surface area contributed by atoms with E-state index in [1.54, 1.807) is 0 Å². The smallest absolute Gasteiger partial charge is 0.0711 e. The van der Waals surface area contributed by atoms with Gasteiger partial charge < -0.3 is 0 Å². The van der Waals surface area contributed by atoms with Crippen molar-refractivity contribution in [2.75, 3.05) is 0 Å². The van der Waals surface area contributed by atoms with Gasteiger partial charge in [-0.05, 0) is 167 Å². The van der Waals surface area contributed by atoms with E-state index in [1.165, 1.54) is 109 Å². The van der Waals surface area contributed by atoms with Gasteiger partial charge in [0.25, 0.3) is 0 Å². The Labute approximate surface area is 418 Å². The molecule has 0 nitrogen and oxygen atoms in total. The summed E-state index contributed by atoms with van der Waals surface area (Å²) >= 11 is 11.5. The molecule has 0 aliphatic carbocycles. The quantitative estimate of drug-likeness (QED) is 0.146. The summed E-state index contributed by atoms with van der Waals surface area (Å²) in [6, 6.07) is 56.2. The summed E-state index contributed by atoms with van der Waals surface area (Å²) in [6.07, 6.45) is 0. The lowest BCUT2D eigenvalue weighted by Crippen LogP contribution is -2.10. The van der Waals surface area contributed by atoms with E-state index >= 15 is 0 Å². The van der Waals surface area contributed by atoms with Crippen molar-refractivity contribution in [3.63, 3.8) is 0 Å². The van der Waals surface area contributed by atoms with E-state index in [0.717, 1.165) is 7.57 Å². The Hall–Kier alpha value is -4.58. The molecule has 2 aromatic heterocycles. The number of halogens is 2. The first-order valence-corrected chi connectivity index (χ1v) is 26.3. The summed E-state index contributed by atoms with van der Waals surface area (Å²) in [5.74, 6) is 0. The monoisotopic (exact) mass is 1030 g/mol. The Morgan fingerprint density at radius 2 is 0.545 bits per heavy atom. The fourth-order valence-corrected chi connectivity index (χ4v) is 12.5. The molecule has 2 heterocycles. The predicted octanol–water partition coefficient (Wildman–Crippen LogP) is 20.8. The minimum Gasteiger partial charge on any atom is -0.128 e. The maximum Gasteiger partial charge on any atom is 0.0711 e. The highest BCUT2D eigenvalue weighted by molar-refractivity contribution is 9.11. The van der Waals surface area contributed by atoms with Crippen molar-refractivity contribution >= 4 is 76.1 Å². The van der Waals surface area contributed by atoms with Crippen LogP contribution in [0.15, 0.2) is 153 Å². The maximum absolute atomic E-state index is 3.94. The van der Waals surface area contributed by atoms with Crippen LogP contribution in [0.25, 0.3) is 86.9 Å². The van der Waals surface area contributed by atoms with Gasteiger partial charge in [0.05, 0.1) is 7.57 Å². The van der Waals surface area contributed by atoms with Gasteiger partial charge in [0, 0.05) is 32.0 Å². The predicted molar refractivity (Wildman–Crippen MR) is 300 cm³/mol. The zero-order valence-electron chi connectivity index (χ0n) is 40.4. The molecule has 334 valence electrons. The van der Waals surface area contributed by atoms with Gasteiger partial charge in [-0.25, -0.2) is 0 Å². The number of fused-ring (bicyclic) bond motifs is 3. The summed E-state index contributed by atoms with van der Waals surface area (Å²) < 4.78 is 2.25. The van der Waals surface area contributed by atoms with Crippen LogP contribution in [-0.4, -0.2) is 0 Å². The highest BCUT2D eigenvalue weighted by Gasteiger charge is 2.24. The van der Waals surface area contributed by atoms with Gasteiger partial charge >= 0.3 is 0 Å². The minimum atomic E-state index is 0.0546. The standard InChI is InChI=1S/C62H60Br2S2/c1-59(2,3)43-23-15-37(16-24-43)47-33-49-41(31-53(47)57-51(35-55(63)65-57)39-19-27-45(28-20-39)61(7,8)9)13-14-42-32-54(48(34-50(42)49)38-17-25-44(26-18-38)60(4,5)6)58-52(36-56(64)66-58)40-21-29-46(30-22-40)62(10,11)12/h13-36H,1-12H3. The summed E-state index contributed by atoms with van der Waals surface area (Å²) in [4.78, 5) is 2.53. The Morgan fingerprint density at radius 1 is 0.288 bits per heavy atom. The molecule has 0 unspecified atom stereocenters. The number of hydrogen-bond donors (Lipinski definition) is 0. The second-order valence-corrected chi connectivity index (χ2v) is 27.1. The molecule has 0 saturated heterocycles. The first-order chi connectivity index (χ1) is 31.0. The molecule has 9 aromatic rings. The fraction of sp³-hybridized carbons (Fsp3) is 0.258. The van der Waals surface area contributed by atoms with Crippen molar-refractivity contribution < 1.29 is 0 Å². The van der Waals surface area contributed by atoms with Gasteiger partial charge in [-0.1, -0.05) is 192 Å². The van der Waals surface area contributed by atoms with Crippen LogP contribution < -0.4 is 0 Å². The Morgan fingerprint density at radius 3 is 0.803 bits per heavy atom.